The molecule has 2 aromatic rings. The molecular formula is C18H17Cl2FN2O3S. The zero-order valence-corrected chi connectivity index (χ0v) is 16.5. The van der Waals surface area contributed by atoms with Crippen LogP contribution in [0.5, 0.6) is 0 Å². The van der Waals surface area contributed by atoms with Crippen LogP contribution in [0.2, 0.25) is 10.0 Å². The van der Waals surface area contributed by atoms with Gasteiger partial charge in [-0.1, -0.05) is 35.3 Å². The summed E-state index contributed by atoms with van der Waals surface area (Å²) in [4.78, 5) is 12.4. The van der Waals surface area contributed by atoms with Gasteiger partial charge in [-0.3, -0.25) is 4.79 Å². The van der Waals surface area contributed by atoms with Crippen molar-refractivity contribution in [2.45, 2.75) is 17.7 Å². The molecule has 1 saturated heterocycles. The van der Waals surface area contributed by atoms with Crippen LogP contribution in [0.25, 0.3) is 0 Å². The van der Waals surface area contributed by atoms with E-state index < -0.39 is 27.7 Å². The highest BCUT2D eigenvalue weighted by molar-refractivity contribution is 7.89. The SMILES string of the molecule is O=C(Nc1ccccc1F)C1CCCN(S(=O)(=O)c2cc(Cl)ccc2Cl)C1. The molecule has 9 heteroatoms. The van der Waals surface area contributed by atoms with E-state index in [0.29, 0.717) is 12.8 Å². The minimum absolute atomic E-state index is 0.00847. The summed E-state index contributed by atoms with van der Waals surface area (Å²) in [6.07, 6.45) is 1.02. The smallest absolute Gasteiger partial charge is 0.244 e. The Kier molecular flexibility index (Phi) is 6.05. The van der Waals surface area contributed by atoms with Crippen molar-refractivity contribution in [1.29, 1.82) is 0 Å². The molecule has 1 N–H and O–H groups in total. The summed E-state index contributed by atoms with van der Waals surface area (Å²) in [7, 11) is -3.90. The molecule has 1 heterocycles. The first-order chi connectivity index (χ1) is 12.8. The van der Waals surface area contributed by atoms with Crippen LogP contribution in [0.3, 0.4) is 0 Å². The van der Waals surface area contributed by atoms with E-state index in [1.165, 1.54) is 40.7 Å². The quantitative estimate of drug-likeness (QED) is 0.790. The van der Waals surface area contributed by atoms with Gasteiger partial charge in [-0.05, 0) is 43.2 Å². The molecule has 144 valence electrons. The topological polar surface area (TPSA) is 66.5 Å². The molecule has 1 atom stereocenters. The summed E-state index contributed by atoms with van der Waals surface area (Å²) in [5.74, 6) is -1.56. The molecule has 0 saturated carbocycles. The van der Waals surface area contributed by atoms with Gasteiger partial charge in [-0.15, -0.1) is 0 Å². The first-order valence-electron chi connectivity index (χ1n) is 8.29. The summed E-state index contributed by atoms with van der Waals surface area (Å²) in [5.41, 5.74) is 0.0698. The van der Waals surface area contributed by atoms with E-state index in [1.807, 2.05) is 0 Å². The molecule has 3 rings (SSSR count). The zero-order valence-electron chi connectivity index (χ0n) is 14.2. The number of anilines is 1. The molecular weight excluding hydrogens is 414 g/mol. The van der Waals surface area contributed by atoms with Crippen molar-refractivity contribution >= 4 is 44.8 Å². The summed E-state index contributed by atoms with van der Waals surface area (Å²) in [6.45, 7) is 0.264. The Morgan fingerprint density at radius 1 is 1.19 bits per heavy atom. The standard InChI is InChI=1S/C18H17Cl2FN2O3S/c19-13-7-8-14(20)17(10-13)27(25,26)23-9-3-4-12(11-23)18(24)22-16-6-2-1-5-15(16)21/h1-2,5-8,10,12H,3-4,9,11H2,(H,22,24). The number of rotatable bonds is 4. The molecule has 2 aromatic carbocycles. The van der Waals surface area contributed by atoms with Gasteiger partial charge in [0.1, 0.15) is 10.7 Å². The lowest BCUT2D eigenvalue weighted by Crippen LogP contribution is -2.43. The number of carbonyl (C=O) groups is 1. The van der Waals surface area contributed by atoms with Crippen LogP contribution in [0, 0.1) is 11.7 Å². The number of carbonyl (C=O) groups excluding carboxylic acids is 1. The number of halogens is 3. The number of nitrogens with one attached hydrogen (secondary N) is 1. The number of nitrogens with zero attached hydrogens (tertiary/aromatic N) is 1. The summed E-state index contributed by atoms with van der Waals surface area (Å²) >= 11 is 11.9. The number of hydrogen-bond donors (Lipinski definition) is 1. The van der Waals surface area contributed by atoms with Gasteiger partial charge >= 0.3 is 0 Å². The van der Waals surface area contributed by atoms with E-state index in [4.69, 9.17) is 23.2 Å². The first kappa shape index (κ1) is 20.1. The van der Waals surface area contributed by atoms with Gasteiger partial charge in [-0.2, -0.15) is 4.31 Å². The molecule has 1 aliphatic heterocycles. The highest BCUT2D eigenvalue weighted by Crippen LogP contribution is 2.30. The lowest BCUT2D eigenvalue weighted by molar-refractivity contribution is -0.120. The molecule has 0 bridgehead atoms. The van der Waals surface area contributed by atoms with E-state index in [1.54, 1.807) is 6.07 Å². The zero-order chi connectivity index (χ0) is 19.6. The molecule has 0 aliphatic carbocycles. The largest absolute Gasteiger partial charge is 0.323 e. The summed E-state index contributed by atoms with van der Waals surface area (Å²) in [6, 6.07) is 10.0. The van der Waals surface area contributed by atoms with E-state index in [2.05, 4.69) is 5.32 Å². The Bertz CT molecular complexity index is 969. The summed E-state index contributed by atoms with van der Waals surface area (Å²) < 4.78 is 40.8. The number of hydrogen-bond acceptors (Lipinski definition) is 3. The van der Waals surface area contributed by atoms with Gasteiger partial charge in [0.05, 0.1) is 16.6 Å². The number of para-hydroxylation sites is 1. The monoisotopic (exact) mass is 430 g/mol. The Morgan fingerprint density at radius 3 is 2.67 bits per heavy atom. The fourth-order valence-electron chi connectivity index (χ4n) is 2.99. The van der Waals surface area contributed by atoms with E-state index in [0.717, 1.165) is 0 Å². The van der Waals surface area contributed by atoms with Crippen molar-refractivity contribution < 1.29 is 17.6 Å². The average Bonchev–Trinajstić information content (AvgIpc) is 2.65. The second-order valence-corrected chi connectivity index (χ2v) is 9.00. The van der Waals surface area contributed by atoms with Crippen LogP contribution in [0.15, 0.2) is 47.4 Å². The molecule has 5 nitrogen and oxygen atoms in total. The summed E-state index contributed by atoms with van der Waals surface area (Å²) in [5, 5.41) is 2.85. The average molecular weight is 431 g/mol. The Labute approximate surface area is 167 Å². The normalized spacial score (nSPS) is 18.3. The van der Waals surface area contributed by atoms with Crippen molar-refractivity contribution in [3.63, 3.8) is 0 Å². The van der Waals surface area contributed by atoms with E-state index in [9.17, 15) is 17.6 Å². The van der Waals surface area contributed by atoms with Gasteiger partial charge in [0, 0.05) is 18.1 Å². The number of amides is 1. The van der Waals surface area contributed by atoms with Gasteiger partial charge in [-0.25, -0.2) is 12.8 Å². The highest BCUT2D eigenvalue weighted by Gasteiger charge is 2.34. The van der Waals surface area contributed by atoms with Crippen LogP contribution >= 0.6 is 23.2 Å². The predicted molar refractivity (Wildman–Crippen MR) is 103 cm³/mol. The third-order valence-electron chi connectivity index (χ3n) is 4.40. The van der Waals surface area contributed by atoms with Crippen molar-refractivity contribution in [3.8, 4) is 0 Å². The Morgan fingerprint density at radius 2 is 1.93 bits per heavy atom. The van der Waals surface area contributed by atoms with Crippen molar-refractivity contribution in [1.82, 2.24) is 4.31 Å². The second-order valence-electron chi connectivity index (χ2n) is 6.25. The molecule has 1 aliphatic rings. The van der Waals surface area contributed by atoms with Crippen molar-refractivity contribution in [3.05, 3.63) is 58.3 Å². The minimum Gasteiger partial charge on any atom is -0.323 e. The first-order valence-corrected chi connectivity index (χ1v) is 10.5. The predicted octanol–water partition coefficient (Wildman–Crippen LogP) is 4.17. The molecule has 0 radical (unpaired) electrons. The van der Waals surface area contributed by atoms with Crippen LogP contribution in [-0.2, 0) is 14.8 Å². The third-order valence-corrected chi connectivity index (χ3v) is 6.98. The molecule has 27 heavy (non-hydrogen) atoms. The van der Waals surface area contributed by atoms with Gasteiger partial charge in [0.25, 0.3) is 0 Å². The fourth-order valence-corrected chi connectivity index (χ4v) is 5.25. The Balaban J connectivity index is 1.78. The van der Waals surface area contributed by atoms with Crippen LogP contribution in [-0.4, -0.2) is 31.7 Å². The molecule has 1 fully saturated rings. The molecule has 0 aromatic heterocycles. The van der Waals surface area contributed by atoms with Crippen LogP contribution in [0.1, 0.15) is 12.8 Å². The van der Waals surface area contributed by atoms with Crippen molar-refractivity contribution in [2.24, 2.45) is 5.92 Å². The van der Waals surface area contributed by atoms with Crippen LogP contribution in [0.4, 0.5) is 10.1 Å². The van der Waals surface area contributed by atoms with Gasteiger partial charge < -0.3 is 5.32 Å². The third kappa shape index (κ3) is 4.43. The van der Waals surface area contributed by atoms with E-state index >= 15 is 0 Å². The van der Waals surface area contributed by atoms with Crippen LogP contribution < -0.4 is 5.32 Å². The lowest BCUT2D eigenvalue weighted by atomic mass is 9.98. The maximum atomic E-state index is 13.7. The van der Waals surface area contributed by atoms with Gasteiger partial charge in [0.15, 0.2) is 0 Å². The lowest BCUT2D eigenvalue weighted by Gasteiger charge is -2.31. The number of piperidine rings is 1. The van der Waals surface area contributed by atoms with E-state index in [-0.39, 0.29) is 33.7 Å². The molecule has 0 spiro atoms. The fraction of sp³-hybridized carbons (Fsp3) is 0.278. The Hall–Kier alpha value is -1.67. The van der Waals surface area contributed by atoms with Gasteiger partial charge in [0.2, 0.25) is 15.9 Å². The van der Waals surface area contributed by atoms with Crippen molar-refractivity contribution in [2.75, 3.05) is 18.4 Å². The second kappa shape index (κ2) is 8.14. The minimum atomic E-state index is -3.90. The maximum Gasteiger partial charge on any atom is 0.244 e. The molecule has 1 amide bonds. The maximum absolute atomic E-state index is 13.7. The molecule has 1 unspecified atom stereocenters. The highest BCUT2D eigenvalue weighted by atomic mass is 35.5. The number of benzene rings is 2. The number of sulfonamides is 1.